The van der Waals surface area contributed by atoms with Gasteiger partial charge in [0.1, 0.15) is 17.5 Å². The van der Waals surface area contributed by atoms with Crippen molar-refractivity contribution in [1.29, 1.82) is 0 Å². The van der Waals surface area contributed by atoms with Gasteiger partial charge in [0.05, 0.1) is 12.7 Å². The van der Waals surface area contributed by atoms with Gasteiger partial charge in [-0.2, -0.15) is 0 Å². The normalized spacial score (nSPS) is 18.8. The fourth-order valence-electron chi connectivity index (χ4n) is 2.60. The Morgan fingerprint density at radius 3 is 3.10 bits per heavy atom. The van der Waals surface area contributed by atoms with Crippen molar-refractivity contribution in [1.82, 2.24) is 9.97 Å². The summed E-state index contributed by atoms with van der Waals surface area (Å²) in [5.41, 5.74) is 0.959. The zero-order valence-corrected chi connectivity index (χ0v) is 12.0. The van der Waals surface area contributed by atoms with Crippen LogP contribution in [0.3, 0.4) is 0 Å². The Bertz CT molecular complexity index is 620. The molecule has 5 heteroatoms. The number of aryl methyl sites for hydroxylation is 1. The van der Waals surface area contributed by atoms with Crippen molar-refractivity contribution in [2.24, 2.45) is 0 Å². The maximum Gasteiger partial charge on any atom is 0.132 e. The molecule has 21 heavy (non-hydrogen) atoms. The molecule has 1 saturated heterocycles. The lowest BCUT2D eigenvalue weighted by Crippen LogP contribution is -2.43. The number of hydrogen-bond acceptors (Lipinski definition) is 4. The van der Waals surface area contributed by atoms with Gasteiger partial charge in [0, 0.05) is 25.7 Å². The van der Waals surface area contributed by atoms with Crippen LogP contribution in [0, 0.1) is 12.7 Å². The van der Waals surface area contributed by atoms with Crippen molar-refractivity contribution in [3.8, 4) is 0 Å². The third-order valence-electron chi connectivity index (χ3n) is 3.58. The van der Waals surface area contributed by atoms with E-state index in [1.165, 1.54) is 6.07 Å². The Morgan fingerprint density at radius 1 is 1.38 bits per heavy atom. The molecule has 2 aromatic rings. The van der Waals surface area contributed by atoms with E-state index in [4.69, 9.17) is 4.74 Å². The van der Waals surface area contributed by atoms with Crippen LogP contribution in [0.15, 0.2) is 36.5 Å². The molecule has 0 spiro atoms. The first kappa shape index (κ1) is 13.9. The van der Waals surface area contributed by atoms with Gasteiger partial charge in [-0.1, -0.05) is 12.1 Å². The van der Waals surface area contributed by atoms with Crippen LogP contribution in [0.25, 0.3) is 0 Å². The Morgan fingerprint density at radius 2 is 2.29 bits per heavy atom. The lowest BCUT2D eigenvalue weighted by Gasteiger charge is -2.33. The molecular formula is C16H18FN3O. The van der Waals surface area contributed by atoms with E-state index >= 15 is 0 Å². The average molecular weight is 287 g/mol. The van der Waals surface area contributed by atoms with Crippen molar-refractivity contribution >= 4 is 5.82 Å². The van der Waals surface area contributed by atoms with Gasteiger partial charge in [-0.25, -0.2) is 14.4 Å². The summed E-state index contributed by atoms with van der Waals surface area (Å²) in [6.07, 6.45) is 2.53. The van der Waals surface area contributed by atoms with Crippen LogP contribution in [0.2, 0.25) is 0 Å². The van der Waals surface area contributed by atoms with Gasteiger partial charge >= 0.3 is 0 Å². The lowest BCUT2D eigenvalue weighted by molar-refractivity contribution is 0.0407. The summed E-state index contributed by atoms with van der Waals surface area (Å²) < 4.78 is 19.0. The number of anilines is 1. The van der Waals surface area contributed by atoms with Crippen LogP contribution in [-0.4, -0.2) is 35.8 Å². The highest BCUT2D eigenvalue weighted by Gasteiger charge is 2.22. The second kappa shape index (κ2) is 6.18. The summed E-state index contributed by atoms with van der Waals surface area (Å²) in [4.78, 5) is 10.8. The van der Waals surface area contributed by atoms with E-state index in [9.17, 15) is 4.39 Å². The van der Waals surface area contributed by atoms with E-state index in [1.807, 2.05) is 19.1 Å². The molecule has 1 unspecified atom stereocenters. The average Bonchev–Trinajstić information content (AvgIpc) is 2.47. The van der Waals surface area contributed by atoms with Gasteiger partial charge in [-0.15, -0.1) is 0 Å². The largest absolute Gasteiger partial charge is 0.374 e. The zero-order chi connectivity index (χ0) is 14.7. The van der Waals surface area contributed by atoms with Gasteiger partial charge in [-0.3, -0.25) is 0 Å². The summed E-state index contributed by atoms with van der Waals surface area (Å²) in [7, 11) is 0. The minimum Gasteiger partial charge on any atom is -0.374 e. The van der Waals surface area contributed by atoms with Crippen LogP contribution in [0.5, 0.6) is 0 Å². The fraction of sp³-hybridized carbons (Fsp3) is 0.375. The van der Waals surface area contributed by atoms with Crippen LogP contribution in [-0.2, 0) is 11.2 Å². The molecule has 1 aromatic heterocycles. The molecule has 4 nitrogen and oxygen atoms in total. The predicted octanol–water partition coefficient (Wildman–Crippen LogP) is 2.37. The van der Waals surface area contributed by atoms with Crippen LogP contribution >= 0.6 is 0 Å². The highest BCUT2D eigenvalue weighted by atomic mass is 19.1. The minimum absolute atomic E-state index is 0.0517. The first-order valence-corrected chi connectivity index (χ1v) is 7.11. The summed E-state index contributed by atoms with van der Waals surface area (Å²) >= 11 is 0. The monoisotopic (exact) mass is 287 g/mol. The van der Waals surface area contributed by atoms with Gasteiger partial charge in [0.25, 0.3) is 0 Å². The predicted molar refractivity (Wildman–Crippen MR) is 78.8 cm³/mol. The number of hydrogen-bond donors (Lipinski definition) is 0. The number of nitrogens with zero attached hydrogens (tertiary/aromatic N) is 3. The molecule has 1 fully saturated rings. The minimum atomic E-state index is -0.202. The van der Waals surface area contributed by atoms with E-state index in [0.29, 0.717) is 13.0 Å². The Kier molecular flexibility index (Phi) is 4.10. The van der Waals surface area contributed by atoms with E-state index in [1.54, 1.807) is 18.3 Å². The van der Waals surface area contributed by atoms with Gasteiger partial charge in [0.15, 0.2) is 0 Å². The summed E-state index contributed by atoms with van der Waals surface area (Å²) in [6.45, 7) is 4.11. The number of halogens is 1. The van der Waals surface area contributed by atoms with Crippen molar-refractivity contribution < 1.29 is 9.13 Å². The maximum absolute atomic E-state index is 13.2. The van der Waals surface area contributed by atoms with Gasteiger partial charge in [0.2, 0.25) is 0 Å². The number of morpholine rings is 1. The molecule has 0 N–H and O–H groups in total. The highest BCUT2D eigenvalue weighted by Crippen LogP contribution is 2.17. The van der Waals surface area contributed by atoms with E-state index in [-0.39, 0.29) is 11.9 Å². The number of aromatic nitrogens is 2. The van der Waals surface area contributed by atoms with E-state index in [2.05, 4.69) is 14.9 Å². The van der Waals surface area contributed by atoms with Crippen LogP contribution in [0.1, 0.15) is 11.4 Å². The van der Waals surface area contributed by atoms with Crippen molar-refractivity contribution in [3.05, 3.63) is 53.7 Å². The van der Waals surface area contributed by atoms with Crippen LogP contribution < -0.4 is 4.90 Å². The third kappa shape index (κ3) is 3.55. The molecule has 1 atom stereocenters. The zero-order valence-electron chi connectivity index (χ0n) is 12.0. The topological polar surface area (TPSA) is 38.2 Å². The van der Waals surface area contributed by atoms with E-state index in [0.717, 1.165) is 30.3 Å². The van der Waals surface area contributed by atoms with Crippen LogP contribution in [0.4, 0.5) is 10.2 Å². The van der Waals surface area contributed by atoms with Crippen molar-refractivity contribution in [2.75, 3.05) is 24.6 Å². The van der Waals surface area contributed by atoms with Crippen molar-refractivity contribution in [3.63, 3.8) is 0 Å². The Labute approximate surface area is 123 Å². The highest BCUT2D eigenvalue weighted by molar-refractivity contribution is 5.38. The smallest absolute Gasteiger partial charge is 0.132 e. The molecule has 0 aliphatic carbocycles. The second-order valence-electron chi connectivity index (χ2n) is 5.23. The molecular weight excluding hydrogens is 269 g/mol. The van der Waals surface area contributed by atoms with Gasteiger partial charge in [-0.05, 0) is 30.7 Å². The summed E-state index contributed by atoms with van der Waals surface area (Å²) in [5.74, 6) is 1.49. The van der Waals surface area contributed by atoms with Crippen molar-refractivity contribution in [2.45, 2.75) is 19.4 Å². The number of rotatable bonds is 3. The molecule has 110 valence electrons. The fourth-order valence-corrected chi connectivity index (χ4v) is 2.60. The summed E-state index contributed by atoms with van der Waals surface area (Å²) in [6, 6.07) is 8.61. The molecule has 1 aliphatic heterocycles. The molecule has 0 bridgehead atoms. The summed E-state index contributed by atoms with van der Waals surface area (Å²) in [5, 5.41) is 0. The third-order valence-corrected chi connectivity index (χ3v) is 3.58. The Hall–Kier alpha value is -2.01. The standard InChI is InChI=1S/C16H18FN3O/c1-12-18-6-5-16(19-12)20-7-8-21-15(11-20)10-13-3-2-4-14(17)9-13/h2-6,9,15H,7-8,10-11H2,1H3. The molecule has 1 aliphatic rings. The molecule has 0 radical (unpaired) electrons. The molecule has 3 rings (SSSR count). The molecule has 0 saturated carbocycles. The number of benzene rings is 1. The maximum atomic E-state index is 13.2. The number of ether oxygens (including phenoxy) is 1. The molecule has 1 aromatic carbocycles. The Balaban J connectivity index is 1.68. The SMILES string of the molecule is Cc1nccc(N2CCOC(Cc3cccc(F)c3)C2)n1. The first-order chi connectivity index (χ1) is 10.2. The molecule has 0 amide bonds. The van der Waals surface area contributed by atoms with E-state index < -0.39 is 0 Å². The first-order valence-electron chi connectivity index (χ1n) is 7.11. The molecule has 2 heterocycles. The quantitative estimate of drug-likeness (QED) is 0.868. The lowest BCUT2D eigenvalue weighted by atomic mass is 10.1. The van der Waals surface area contributed by atoms with Gasteiger partial charge < -0.3 is 9.64 Å². The second-order valence-corrected chi connectivity index (χ2v) is 5.23.